The highest BCUT2D eigenvalue weighted by Crippen LogP contribution is 2.04. The molecule has 0 spiro atoms. The first-order valence-corrected chi connectivity index (χ1v) is 5.96. The number of rotatable bonds is 5. The molecule has 1 aromatic heterocycles. The molecule has 1 unspecified atom stereocenters. The molecule has 0 saturated heterocycles. The van der Waals surface area contributed by atoms with E-state index in [1.165, 1.54) is 0 Å². The molecule has 0 aromatic carbocycles. The van der Waals surface area contributed by atoms with E-state index in [-0.39, 0.29) is 18.4 Å². The largest absolute Gasteiger partial charge is 0.391 e. The third-order valence-electron chi connectivity index (χ3n) is 2.68. The minimum atomic E-state index is -0.516. The topological polar surface area (TPSA) is 67.2 Å². The van der Waals surface area contributed by atoms with E-state index in [4.69, 9.17) is 0 Å². The third kappa shape index (κ3) is 3.56. The SMILES string of the molecule is CCn1nc(C)cc1C(=O)NCC(O)C(C)C. The van der Waals surface area contributed by atoms with Crippen molar-refractivity contribution >= 4 is 5.91 Å². The first-order valence-electron chi connectivity index (χ1n) is 5.96. The molecule has 1 aromatic rings. The summed E-state index contributed by atoms with van der Waals surface area (Å²) in [4.78, 5) is 11.9. The highest BCUT2D eigenvalue weighted by atomic mass is 16.3. The van der Waals surface area contributed by atoms with Crippen molar-refractivity contribution in [3.05, 3.63) is 17.5 Å². The van der Waals surface area contributed by atoms with Gasteiger partial charge in [-0.15, -0.1) is 0 Å². The number of aliphatic hydroxyl groups excluding tert-OH is 1. The van der Waals surface area contributed by atoms with Gasteiger partial charge in [-0.25, -0.2) is 0 Å². The second-order valence-electron chi connectivity index (χ2n) is 4.51. The lowest BCUT2D eigenvalue weighted by Crippen LogP contribution is -2.35. The maximum Gasteiger partial charge on any atom is 0.269 e. The van der Waals surface area contributed by atoms with Crippen LogP contribution in [0.15, 0.2) is 6.07 Å². The minimum absolute atomic E-state index is 0.133. The van der Waals surface area contributed by atoms with Crippen molar-refractivity contribution in [1.29, 1.82) is 0 Å². The molecule has 17 heavy (non-hydrogen) atoms. The Morgan fingerprint density at radius 2 is 2.24 bits per heavy atom. The molecular weight excluding hydrogens is 218 g/mol. The van der Waals surface area contributed by atoms with E-state index < -0.39 is 6.10 Å². The fourth-order valence-corrected chi connectivity index (χ4v) is 1.49. The lowest BCUT2D eigenvalue weighted by Gasteiger charge is -2.15. The number of nitrogens with zero attached hydrogens (tertiary/aromatic N) is 2. The summed E-state index contributed by atoms with van der Waals surface area (Å²) in [7, 11) is 0. The zero-order valence-corrected chi connectivity index (χ0v) is 10.9. The van der Waals surface area contributed by atoms with Gasteiger partial charge < -0.3 is 10.4 Å². The summed E-state index contributed by atoms with van der Waals surface area (Å²) in [5.41, 5.74) is 1.36. The quantitative estimate of drug-likeness (QED) is 0.804. The number of aromatic nitrogens is 2. The van der Waals surface area contributed by atoms with Crippen LogP contribution in [0.2, 0.25) is 0 Å². The Morgan fingerprint density at radius 1 is 1.59 bits per heavy atom. The highest BCUT2D eigenvalue weighted by Gasteiger charge is 2.15. The van der Waals surface area contributed by atoms with Crippen LogP contribution in [0.1, 0.15) is 37.0 Å². The van der Waals surface area contributed by atoms with Gasteiger partial charge in [0.1, 0.15) is 5.69 Å². The van der Waals surface area contributed by atoms with Gasteiger partial charge in [0.25, 0.3) is 5.91 Å². The van der Waals surface area contributed by atoms with Crippen molar-refractivity contribution in [2.45, 2.75) is 40.3 Å². The molecule has 1 amide bonds. The number of hydrogen-bond acceptors (Lipinski definition) is 3. The van der Waals surface area contributed by atoms with Gasteiger partial charge in [-0.05, 0) is 25.8 Å². The molecule has 0 aliphatic heterocycles. The molecule has 96 valence electrons. The predicted molar refractivity (Wildman–Crippen MR) is 65.8 cm³/mol. The van der Waals surface area contributed by atoms with E-state index in [1.54, 1.807) is 10.7 Å². The van der Waals surface area contributed by atoms with E-state index in [0.29, 0.717) is 12.2 Å². The van der Waals surface area contributed by atoms with Crippen LogP contribution >= 0.6 is 0 Å². The van der Waals surface area contributed by atoms with Gasteiger partial charge in [0.2, 0.25) is 0 Å². The van der Waals surface area contributed by atoms with Crippen LogP contribution in [-0.4, -0.2) is 33.4 Å². The molecule has 0 fully saturated rings. The molecular formula is C12H21N3O2. The standard InChI is InChI=1S/C12H21N3O2/c1-5-15-10(6-9(4)14-15)12(17)13-7-11(16)8(2)3/h6,8,11,16H,5,7H2,1-4H3,(H,13,17). The Bertz CT molecular complexity index is 385. The van der Waals surface area contributed by atoms with Crippen molar-refractivity contribution in [2.75, 3.05) is 6.54 Å². The van der Waals surface area contributed by atoms with Crippen LogP contribution in [0, 0.1) is 12.8 Å². The van der Waals surface area contributed by atoms with Crippen LogP contribution in [0.4, 0.5) is 0 Å². The van der Waals surface area contributed by atoms with Gasteiger partial charge in [0.15, 0.2) is 0 Å². The number of nitrogens with one attached hydrogen (secondary N) is 1. The average Bonchev–Trinajstić information content (AvgIpc) is 2.66. The number of aliphatic hydroxyl groups is 1. The smallest absolute Gasteiger partial charge is 0.269 e. The number of aryl methyl sites for hydroxylation is 2. The molecule has 5 heteroatoms. The zero-order chi connectivity index (χ0) is 13.0. The van der Waals surface area contributed by atoms with E-state index in [9.17, 15) is 9.90 Å². The summed E-state index contributed by atoms with van der Waals surface area (Å²) in [5, 5.41) is 16.5. The number of hydrogen-bond donors (Lipinski definition) is 2. The Kier molecular flexibility index (Phi) is 4.69. The van der Waals surface area contributed by atoms with Crippen LogP contribution in [0.25, 0.3) is 0 Å². The van der Waals surface area contributed by atoms with E-state index >= 15 is 0 Å². The predicted octanol–water partition coefficient (Wildman–Crippen LogP) is 0.958. The third-order valence-corrected chi connectivity index (χ3v) is 2.68. The summed E-state index contributed by atoms with van der Waals surface area (Å²) < 4.78 is 1.66. The summed E-state index contributed by atoms with van der Waals surface area (Å²) in [6.45, 7) is 8.54. The van der Waals surface area contributed by atoms with Gasteiger partial charge in [0, 0.05) is 13.1 Å². The molecule has 5 nitrogen and oxygen atoms in total. The van der Waals surface area contributed by atoms with Crippen LogP contribution in [0.3, 0.4) is 0 Å². The van der Waals surface area contributed by atoms with Gasteiger partial charge in [0.05, 0.1) is 11.8 Å². The first-order chi connectivity index (χ1) is 7.95. The lowest BCUT2D eigenvalue weighted by atomic mass is 10.1. The summed E-state index contributed by atoms with van der Waals surface area (Å²) >= 11 is 0. The summed E-state index contributed by atoms with van der Waals surface area (Å²) in [5.74, 6) is -0.0553. The Labute approximate surface area is 102 Å². The number of carbonyl (C=O) groups excluding carboxylic acids is 1. The Morgan fingerprint density at radius 3 is 2.76 bits per heavy atom. The normalized spacial score (nSPS) is 12.8. The fourth-order valence-electron chi connectivity index (χ4n) is 1.49. The van der Waals surface area contributed by atoms with Crippen molar-refractivity contribution in [3.8, 4) is 0 Å². The molecule has 1 heterocycles. The highest BCUT2D eigenvalue weighted by molar-refractivity contribution is 5.92. The Balaban J connectivity index is 2.63. The fraction of sp³-hybridized carbons (Fsp3) is 0.667. The second kappa shape index (κ2) is 5.82. The van der Waals surface area contributed by atoms with Crippen LogP contribution < -0.4 is 5.32 Å². The minimum Gasteiger partial charge on any atom is -0.391 e. The molecule has 0 bridgehead atoms. The second-order valence-corrected chi connectivity index (χ2v) is 4.51. The average molecular weight is 239 g/mol. The van der Waals surface area contributed by atoms with E-state index in [1.807, 2.05) is 27.7 Å². The number of amides is 1. The van der Waals surface area contributed by atoms with Crippen LogP contribution in [0.5, 0.6) is 0 Å². The molecule has 2 N–H and O–H groups in total. The maximum absolute atomic E-state index is 11.9. The molecule has 0 saturated carbocycles. The van der Waals surface area contributed by atoms with Crippen molar-refractivity contribution < 1.29 is 9.90 Å². The molecule has 1 rings (SSSR count). The molecule has 0 radical (unpaired) electrons. The van der Waals surface area contributed by atoms with Crippen molar-refractivity contribution in [2.24, 2.45) is 5.92 Å². The lowest BCUT2D eigenvalue weighted by molar-refractivity contribution is 0.0862. The van der Waals surface area contributed by atoms with Crippen LogP contribution in [-0.2, 0) is 6.54 Å². The molecule has 0 aliphatic carbocycles. The van der Waals surface area contributed by atoms with Gasteiger partial charge in [-0.2, -0.15) is 5.10 Å². The first kappa shape index (κ1) is 13.7. The monoisotopic (exact) mass is 239 g/mol. The summed E-state index contributed by atoms with van der Waals surface area (Å²) in [6, 6.07) is 1.75. The zero-order valence-electron chi connectivity index (χ0n) is 10.9. The maximum atomic E-state index is 11.9. The van der Waals surface area contributed by atoms with Crippen molar-refractivity contribution in [1.82, 2.24) is 15.1 Å². The Hall–Kier alpha value is -1.36. The molecule has 0 aliphatic rings. The van der Waals surface area contributed by atoms with Gasteiger partial charge in [-0.1, -0.05) is 13.8 Å². The number of carbonyl (C=O) groups is 1. The van der Waals surface area contributed by atoms with E-state index in [0.717, 1.165) is 5.69 Å². The van der Waals surface area contributed by atoms with E-state index in [2.05, 4.69) is 10.4 Å². The van der Waals surface area contributed by atoms with Crippen molar-refractivity contribution in [3.63, 3.8) is 0 Å². The molecule has 1 atom stereocenters. The summed E-state index contributed by atoms with van der Waals surface area (Å²) in [6.07, 6.45) is -0.516. The van der Waals surface area contributed by atoms with Gasteiger partial charge in [-0.3, -0.25) is 9.48 Å². The van der Waals surface area contributed by atoms with Gasteiger partial charge >= 0.3 is 0 Å².